The summed E-state index contributed by atoms with van der Waals surface area (Å²) in [6.45, 7) is 0. The molecule has 0 radical (unpaired) electrons. The van der Waals surface area contributed by atoms with Crippen LogP contribution in [0, 0.1) is 0 Å². The Labute approximate surface area is 167 Å². The first-order valence-corrected chi connectivity index (χ1v) is 9.75. The third kappa shape index (κ3) is 2.88. The van der Waals surface area contributed by atoms with Crippen LogP contribution >= 0.6 is 0 Å². The van der Waals surface area contributed by atoms with Gasteiger partial charge in [0.1, 0.15) is 5.75 Å². The van der Waals surface area contributed by atoms with Gasteiger partial charge in [-0.1, -0.05) is 0 Å². The van der Waals surface area contributed by atoms with E-state index in [2.05, 4.69) is 4.98 Å². The number of aryl methyl sites for hydroxylation is 1. The van der Waals surface area contributed by atoms with Crippen LogP contribution in [0.4, 0.5) is 0 Å². The average Bonchev–Trinajstić information content (AvgIpc) is 3.34. The summed E-state index contributed by atoms with van der Waals surface area (Å²) < 4.78 is 7.40. The van der Waals surface area contributed by atoms with Crippen LogP contribution in [0.1, 0.15) is 34.5 Å². The number of carbonyl (C=O) groups is 1. The SMILES string of the molecule is COc1ccc2[nH]cc(-c3c4c(nn3-c3ccc(C(=O)O)cc3)CCCC4)c2c1. The number of aromatic carboxylic acids is 1. The molecule has 0 saturated carbocycles. The summed E-state index contributed by atoms with van der Waals surface area (Å²) >= 11 is 0. The van der Waals surface area contributed by atoms with E-state index in [0.29, 0.717) is 0 Å². The van der Waals surface area contributed by atoms with Gasteiger partial charge in [-0.15, -0.1) is 0 Å². The van der Waals surface area contributed by atoms with E-state index < -0.39 is 5.97 Å². The Balaban J connectivity index is 1.74. The molecule has 6 nitrogen and oxygen atoms in total. The number of aromatic nitrogens is 3. The molecule has 2 N–H and O–H groups in total. The Morgan fingerprint density at radius 2 is 1.93 bits per heavy atom. The minimum Gasteiger partial charge on any atom is -0.497 e. The molecule has 6 heteroatoms. The number of carboxylic acid groups (broad SMARTS) is 1. The highest BCUT2D eigenvalue weighted by Crippen LogP contribution is 2.38. The zero-order valence-corrected chi connectivity index (χ0v) is 16.1. The second-order valence-corrected chi connectivity index (χ2v) is 7.36. The molecule has 4 aromatic rings. The van der Waals surface area contributed by atoms with Crippen LogP contribution < -0.4 is 4.74 Å². The highest BCUT2D eigenvalue weighted by molar-refractivity contribution is 5.97. The summed E-state index contributed by atoms with van der Waals surface area (Å²) in [4.78, 5) is 14.6. The predicted molar refractivity (Wildman–Crippen MR) is 111 cm³/mol. The van der Waals surface area contributed by atoms with Crippen molar-refractivity contribution in [2.75, 3.05) is 7.11 Å². The minimum atomic E-state index is -0.930. The number of rotatable bonds is 4. The average molecular weight is 387 g/mol. The summed E-state index contributed by atoms with van der Waals surface area (Å²) in [5.41, 5.74) is 6.73. The van der Waals surface area contributed by atoms with Gasteiger partial charge in [0, 0.05) is 28.2 Å². The molecule has 2 heterocycles. The van der Waals surface area contributed by atoms with Gasteiger partial charge in [-0.05, 0) is 68.1 Å². The molecule has 0 aliphatic heterocycles. The van der Waals surface area contributed by atoms with E-state index in [1.165, 1.54) is 5.56 Å². The topological polar surface area (TPSA) is 80.1 Å². The van der Waals surface area contributed by atoms with E-state index in [4.69, 9.17) is 9.84 Å². The van der Waals surface area contributed by atoms with Crippen molar-refractivity contribution in [1.82, 2.24) is 14.8 Å². The lowest BCUT2D eigenvalue weighted by Gasteiger charge is -2.12. The van der Waals surface area contributed by atoms with Crippen molar-refractivity contribution in [2.24, 2.45) is 0 Å². The Kier molecular flexibility index (Phi) is 4.12. The Morgan fingerprint density at radius 1 is 1.14 bits per heavy atom. The normalized spacial score (nSPS) is 13.4. The first-order valence-electron chi connectivity index (χ1n) is 9.75. The van der Waals surface area contributed by atoms with Crippen molar-refractivity contribution in [3.8, 4) is 22.7 Å². The van der Waals surface area contributed by atoms with Gasteiger partial charge in [-0.3, -0.25) is 0 Å². The number of methoxy groups -OCH3 is 1. The van der Waals surface area contributed by atoms with E-state index in [1.54, 1.807) is 19.2 Å². The van der Waals surface area contributed by atoms with Crippen LogP contribution in [0.3, 0.4) is 0 Å². The molecule has 0 saturated heterocycles. The quantitative estimate of drug-likeness (QED) is 0.536. The van der Waals surface area contributed by atoms with Gasteiger partial charge < -0.3 is 14.8 Å². The van der Waals surface area contributed by atoms with Gasteiger partial charge in [0.05, 0.1) is 29.7 Å². The Bertz CT molecular complexity index is 1220. The van der Waals surface area contributed by atoms with E-state index in [1.807, 2.05) is 41.2 Å². The molecule has 2 aromatic carbocycles. The second kappa shape index (κ2) is 6.81. The zero-order chi connectivity index (χ0) is 20.0. The molecular formula is C23H21N3O3. The minimum absolute atomic E-state index is 0.268. The molecule has 0 spiro atoms. The number of carboxylic acids is 1. The fourth-order valence-electron chi connectivity index (χ4n) is 4.18. The number of nitrogens with one attached hydrogen (secondary N) is 1. The fraction of sp³-hybridized carbons (Fsp3) is 0.217. The van der Waals surface area contributed by atoms with Crippen LogP contribution in [0.2, 0.25) is 0 Å². The maximum atomic E-state index is 11.2. The molecule has 0 bridgehead atoms. The van der Waals surface area contributed by atoms with Crippen molar-refractivity contribution in [3.05, 3.63) is 65.5 Å². The van der Waals surface area contributed by atoms with E-state index >= 15 is 0 Å². The van der Waals surface area contributed by atoms with Gasteiger partial charge in [0.15, 0.2) is 0 Å². The van der Waals surface area contributed by atoms with Crippen LogP contribution in [0.5, 0.6) is 5.75 Å². The number of fused-ring (bicyclic) bond motifs is 2. The largest absolute Gasteiger partial charge is 0.497 e. The maximum absolute atomic E-state index is 11.2. The van der Waals surface area contributed by atoms with Gasteiger partial charge >= 0.3 is 5.97 Å². The summed E-state index contributed by atoms with van der Waals surface area (Å²) in [6.07, 6.45) is 6.28. The molecule has 146 valence electrons. The first-order chi connectivity index (χ1) is 14.2. The lowest BCUT2D eigenvalue weighted by Crippen LogP contribution is -2.02. The summed E-state index contributed by atoms with van der Waals surface area (Å²) in [6, 6.07) is 12.9. The standard InChI is InChI=1S/C23H21N3O3/c1-29-16-10-11-20-18(12-16)19(13-24-20)22-17-4-2-3-5-21(17)25-26(22)15-8-6-14(7-9-15)23(27)28/h6-13,24H,2-5H2,1H3,(H,27,28). The number of hydrogen-bond donors (Lipinski definition) is 2. The number of hydrogen-bond acceptors (Lipinski definition) is 3. The molecule has 0 unspecified atom stereocenters. The molecule has 1 aliphatic carbocycles. The lowest BCUT2D eigenvalue weighted by molar-refractivity contribution is 0.0697. The molecule has 29 heavy (non-hydrogen) atoms. The molecule has 1 aliphatic rings. The van der Waals surface area contributed by atoms with E-state index in [0.717, 1.165) is 65.0 Å². The smallest absolute Gasteiger partial charge is 0.335 e. The number of nitrogens with zero attached hydrogens (tertiary/aromatic N) is 2. The zero-order valence-electron chi connectivity index (χ0n) is 16.1. The third-order valence-corrected chi connectivity index (χ3v) is 5.66. The molecule has 5 rings (SSSR count). The maximum Gasteiger partial charge on any atom is 0.335 e. The molecular weight excluding hydrogens is 366 g/mol. The molecule has 0 fully saturated rings. The molecule has 2 aromatic heterocycles. The van der Waals surface area contributed by atoms with E-state index in [9.17, 15) is 9.90 Å². The molecule has 0 amide bonds. The summed E-state index contributed by atoms with van der Waals surface area (Å²) in [5, 5.41) is 15.2. The number of H-pyrrole nitrogens is 1. The van der Waals surface area contributed by atoms with Crippen LogP contribution in [-0.2, 0) is 12.8 Å². The van der Waals surface area contributed by atoms with Crippen LogP contribution in [0.25, 0.3) is 27.8 Å². The lowest BCUT2D eigenvalue weighted by atomic mass is 9.93. The monoisotopic (exact) mass is 387 g/mol. The van der Waals surface area contributed by atoms with Crippen molar-refractivity contribution in [2.45, 2.75) is 25.7 Å². The highest BCUT2D eigenvalue weighted by Gasteiger charge is 2.24. The highest BCUT2D eigenvalue weighted by atomic mass is 16.5. The van der Waals surface area contributed by atoms with Gasteiger partial charge in [-0.2, -0.15) is 5.10 Å². The van der Waals surface area contributed by atoms with Crippen molar-refractivity contribution >= 4 is 16.9 Å². The van der Waals surface area contributed by atoms with Crippen LogP contribution in [-0.4, -0.2) is 33.0 Å². The van der Waals surface area contributed by atoms with Crippen molar-refractivity contribution in [3.63, 3.8) is 0 Å². The van der Waals surface area contributed by atoms with Gasteiger partial charge in [0.2, 0.25) is 0 Å². The fourth-order valence-corrected chi connectivity index (χ4v) is 4.18. The van der Waals surface area contributed by atoms with E-state index in [-0.39, 0.29) is 5.56 Å². The van der Waals surface area contributed by atoms with Gasteiger partial charge in [0.25, 0.3) is 0 Å². The Morgan fingerprint density at radius 3 is 2.69 bits per heavy atom. The second-order valence-electron chi connectivity index (χ2n) is 7.36. The summed E-state index contributed by atoms with van der Waals surface area (Å²) in [7, 11) is 1.67. The Hall–Kier alpha value is -3.54. The number of aromatic amines is 1. The first kappa shape index (κ1) is 17.6. The van der Waals surface area contributed by atoms with Crippen molar-refractivity contribution in [1.29, 1.82) is 0 Å². The number of ether oxygens (including phenoxy) is 1. The van der Waals surface area contributed by atoms with Gasteiger partial charge in [-0.25, -0.2) is 9.48 Å². The third-order valence-electron chi connectivity index (χ3n) is 5.66. The van der Waals surface area contributed by atoms with Crippen LogP contribution in [0.15, 0.2) is 48.7 Å². The van der Waals surface area contributed by atoms with Crippen molar-refractivity contribution < 1.29 is 14.6 Å². The number of benzene rings is 2. The molecule has 0 atom stereocenters. The summed E-state index contributed by atoms with van der Waals surface area (Å²) in [5.74, 6) is -0.121. The predicted octanol–water partition coefficient (Wildman–Crippen LogP) is 4.61.